The number of benzene rings is 1. The summed E-state index contributed by atoms with van der Waals surface area (Å²) in [6.07, 6.45) is 0. The molecule has 0 spiro atoms. The minimum atomic E-state index is -0.145. The molecule has 3 N–H and O–H groups in total. The van der Waals surface area contributed by atoms with E-state index in [9.17, 15) is 5.11 Å². The first-order valence-corrected chi connectivity index (χ1v) is 5.56. The van der Waals surface area contributed by atoms with E-state index in [4.69, 9.17) is 9.84 Å². The van der Waals surface area contributed by atoms with Crippen molar-refractivity contribution in [2.24, 2.45) is 0 Å². The molecule has 4 nitrogen and oxygen atoms in total. The number of aliphatic hydroxyl groups excluding tert-OH is 1. The van der Waals surface area contributed by atoms with Gasteiger partial charge >= 0.3 is 0 Å². The number of aliphatic hydroxyl groups is 1. The van der Waals surface area contributed by atoms with Crippen molar-refractivity contribution in [1.82, 2.24) is 5.32 Å². The van der Waals surface area contributed by atoms with Gasteiger partial charge in [0.15, 0.2) is 11.5 Å². The van der Waals surface area contributed by atoms with Crippen LogP contribution in [0.5, 0.6) is 11.5 Å². The number of hydrogen-bond acceptors (Lipinski definition) is 4. The number of halogens is 1. The van der Waals surface area contributed by atoms with Gasteiger partial charge in [-0.05, 0) is 47.3 Å². The highest BCUT2D eigenvalue weighted by Gasteiger charge is 2.13. The summed E-state index contributed by atoms with van der Waals surface area (Å²) < 4.78 is 5.75. The zero-order valence-corrected chi connectivity index (χ0v) is 10.8. The van der Waals surface area contributed by atoms with Gasteiger partial charge in [-0.3, -0.25) is 0 Å². The zero-order chi connectivity index (χ0) is 11.4. The van der Waals surface area contributed by atoms with Gasteiger partial charge in [-0.1, -0.05) is 0 Å². The second-order valence-corrected chi connectivity index (χ2v) is 4.24. The summed E-state index contributed by atoms with van der Waals surface area (Å²) in [6.45, 7) is 0.000505. The molecule has 0 fully saturated rings. The monoisotopic (exact) mass is 323 g/mol. The number of hydrogen-bond donors (Lipinski definition) is 3. The van der Waals surface area contributed by atoms with E-state index in [0.717, 1.165) is 5.56 Å². The number of phenolic OH excluding ortho intramolecular Hbond substituents is 1. The fourth-order valence-corrected chi connectivity index (χ4v) is 1.94. The quantitative estimate of drug-likeness (QED) is 0.730. The standard InChI is InChI=1S/C10H14INO3/c1-12-8(5-13)6-3-7(11)10(14)9(4-6)15-2/h3-4,8,12-14H,5H2,1-2H3. The van der Waals surface area contributed by atoms with Crippen LogP contribution in [-0.2, 0) is 0 Å². The number of nitrogens with one attached hydrogen (secondary N) is 1. The summed E-state index contributed by atoms with van der Waals surface area (Å²) in [7, 11) is 3.27. The fourth-order valence-electron chi connectivity index (χ4n) is 1.31. The van der Waals surface area contributed by atoms with E-state index < -0.39 is 0 Å². The Morgan fingerprint density at radius 2 is 2.20 bits per heavy atom. The van der Waals surface area contributed by atoms with Gasteiger partial charge in [0.2, 0.25) is 0 Å². The third-order valence-corrected chi connectivity index (χ3v) is 3.03. The van der Waals surface area contributed by atoms with Gasteiger partial charge in [-0.15, -0.1) is 0 Å². The maximum Gasteiger partial charge on any atom is 0.171 e. The van der Waals surface area contributed by atoms with Gasteiger partial charge in [0.1, 0.15) is 0 Å². The summed E-state index contributed by atoms with van der Waals surface area (Å²) in [5.74, 6) is 0.556. The van der Waals surface area contributed by atoms with Crippen LogP contribution in [0, 0.1) is 3.57 Å². The molecule has 0 bridgehead atoms. The molecule has 1 unspecified atom stereocenters. The molecule has 1 aromatic carbocycles. The van der Waals surface area contributed by atoms with Crippen molar-refractivity contribution in [1.29, 1.82) is 0 Å². The van der Waals surface area contributed by atoms with Gasteiger partial charge < -0.3 is 20.3 Å². The Balaban J connectivity index is 3.15. The molecular weight excluding hydrogens is 309 g/mol. The molecule has 15 heavy (non-hydrogen) atoms. The first-order valence-electron chi connectivity index (χ1n) is 4.48. The van der Waals surface area contributed by atoms with Crippen LogP contribution in [0.4, 0.5) is 0 Å². The van der Waals surface area contributed by atoms with Gasteiger partial charge in [-0.25, -0.2) is 0 Å². The number of likely N-dealkylation sites (N-methyl/N-ethyl adjacent to an activating group) is 1. The van der Waals surface area contributed by atoms with Crippen LogP contribution >= 0.6 is 22.6 Å². The Labute approximate surface area is 102 Å². The van der Waals surface area contributed by atoms with Crippen molar-refractivity contribution in [3.05, 3.63) is 21.3 Å². The molecule has 0 radical (unpaired) electrons. The number of phenols is 1. The Hall–Kier alpha value is -0.530. The second kappa shape index (κ2) is 5.53. The smallest absolute Gasteiger partial charge is 0.171 e. The predicted octanol–water partition coefficient (Wildman–Crippen LogP) is 1.26. The SMILES string of the molecule is CNC(CO)c1cc(I)c(O)c(OC)c1. The van der Waals surface area contributed by atoms with Crippen LogP contribution in [-0.4, -0.2) is 31.0 Å². The second-order valence-electron chi connectivity index (χ2n) is 3.08. The van der Waals surface area contributed by atoms with Crippen molar-refractivity contribution in [2.45, 2.75) is 6.04 Å². The average Bonchev–Trinajstić information content (AvgIpc) is 2.24. The number of rotatable bonds is 4. The lowest BCUT2D eigenvalue weighted by molar-refractivity contribution is 0.250. The lowest BCUT2D eigenvalue weighted by Gasteiger charge is -2.16. The minimum absolute atomic E-state index is 0.000505. The first-order chi connectivity index (χ1) is 7.13. The molecule has 5 heteroatoms. The van der Waals surface area contributed by atoms with Crippen LogP contribution < -0.4 is 10.1 Å². The summed E-state index contributed by atoms with van der Waals surface area (Å²) in [4.78, 5) is 0. The molecule has 0 aliphatic heterocycles. The van der Waals surface area contributed by atoms with Crippen molar-refractivity contribution < 1.29 is 14.9 Å². The van der Waals surface area contributed by atoms with Crippen LogP contribution in [0.3, 0.4) is 0 Å². The molecular formula is C10H14INO3. The van der Waals surface area contributed by atoms with E-state index in [0.29, 0.717) is 9.32 Å². The Morgan fingerprint density at radius 3 is 2.67 bits per heavy atom. The summed E-state index contributed by atoms with van der Waals surface area (Å²) >= 11 is 2.03. The average molecular weight is 323 g/mol. The normalized spacial score (nSPS) is 12.5. The van der Waals surface area contributed by atoms with E-state index in [2.05, 4.69) is 5.32 Å². The highest BCUT2D eigenvalue weighted by Crippen LogP contribution is 2.34. The molecule has 0 aliphatic rings. The minimum Gasteiger partial charge on any atom is -0.504 e. The van der Waals surface area contributed by atoms with Crippen molar-refractivity contribution in [3.63, 3.8) is 0 Å². The van der Waals surface area contributed by atoms with Crippen molar-refractivity contribution >= 4 is 22.6 Å². The van der Waals surface area contributed by atoms with Crippen LogP contribution in [0.15, 0.2) is 12.1 Å². The van der Waals surface area contributed by atoms with E-state index in [1.807, 2.05) is 28.7 Å². The molecule has 0 aliphatic carbocycles. The van der Waals surface area contributed by atoms with Crippen LogP contribution in [0.25, 0.3) is 0 Å². The fraction of sp³-hybridized carbons (Fsp3) is 0.400. The van der Waals surface area contributed by atoms with Gasteiger partial charge in [0.25, 0.3) is 0 Å². The lowest BCUT2D eigenvalue weighted by Crippen LogP contribution is -2.20. The first kappa shape index (κ1) is 12.5. The topological polar surface area (TPSA) is 61.7 Å². The number of ether oxygens (including phenoxy) is 1. The largest absolute Gasteiger partial charge is 0.504 e. The molecule has 1 rings (SSSR count). The molecule has 0 heterocycles. The van der Waals surface area contributed by atoms with Gasteiger partial charge in [0, 0.05) is 0 Å². The Kier molecular flexibility index (Phi) is 4.62. The highest BCUT2D eigenvalue weighted by atomic mass is 127. The van der Waals surface area contributed by atoms with E-state index >= 15 is 0 Å². The summed E-state index contributed by atoms with van der Waals surface area (Å²) in [5, 5.41) is 21.7. The zero-order valence-electron chi connectivity index (χ0n) is 8.62. The predicted molar refractivity (Wildman–Crippen MR) is 66.3 cm³/mol. The molecule has 1 aromatic rings. The molecule has 84 valence electrons. The maximum absolute atomic E-state index is 9.63. The number of aromatic hydroxyl groups is 1. The van der Waals surface area contributed by atoms with Crippen molar-refractivity contribution in [2.75, 3.05) is 20.8 Å². The molecule has 0 amide bonds. The van der Waals surface area contributed by atoms with Crippen molar-refractivity contribution in [3.8, 4) is 11.5 Å². The molecule has 0 aromatic heterocycles. The lowest BCUT2D eigenvalue weighted by atomic mass is 10.1. The molecule has 1 atom stereocenters. The third-order valence-electron chi connectivity index (χ3n) is 2.20. The van der Waals surface area contributed by atoms with Crippen LogP contribution in [0.2, 0.25) is 0 Å². The number of methoxy groups -OCH3 is 1. The van der Waals surface area contributed by atoms with E-state index in [1.165, 1.54) is 7.11 Å². The molecule has 0 saturated heterocycles. The van der Waals surface area contributed by atoms with E-state index in [-0.39, 0.29) is 18.4 Å². The van der Waals surface area contributed by atoms with Gasteiger partial charge in [0.05, 0.1) is 23.3 Å². The van der Waals surface area contributed by atoms with Gasteiger partial charge in [-0.2, -0.15) is 0 Å². The maximum atomic E-state index is 9.63. The highest BCUT2D eigenvalue weighted by molar-refractivity contribution is 14.1. The Morgan fingerprint density at radius 1 is 1.53 bits per heavy atom. The van der Waals surface area contributed by atoms with Crippen LogP contribution in [0.1, 0.15) is 11.6 Å². The Bertz CT molecular complexity index is 340. The summed E-state index contributed by atoms with van der Waals surface area (Å²) in [6, 6.07) is 3.39. The third kappa shape index (κ3) is 2.73. The molecule has 0 saturated carbocycles. The summed E-state index contributed by atoms with van der Waals surface area (Å²) in [5.41, 5.74) is 0.888. The van der Waals surface area contributed by atoms with E-state index in [1.54, 1.807) is 13.1 Å².